The Hall–Kier alpha value is -2.37. The van der Waals surface area contributed by atoms with Gasteiger partial charge >= 0.3 is 6.09 Å². The number of amides is 1. The summed E-state index contributed by atoms with van der Waals surface area (Å²) < 4.78 is 21.8. The molecule has 6 heteroatoms. The van der Waals surface area contributed by atoms with Gasteiger partial charge in [-0.2, -0.15) is 0 Å². The fraction of sp³-hybridized carbons (Fsp3) is 0.500. The van der Waals surface area contributed by atoms with Crippen molar-refractivity contribution >= 4 is 11.8 Å². The van der Waals surface area contributed by atoms with Gasteiger partial charge in [0.1, 0.15) is 0 Å². The van der Waals surface area contributed by atoms with Crippen molar-refractivity contribution in [2.24, 2.45) is 0 Å². The fourth-order valence-electron chi connectivity index (χ4n) is 3.56. The topological polar surface area (TPSA) is 57.2 Å². The van der Waals surface area contributed by atoms with Crippen molar-refractivity contribution in [3.8, 4) is 17.2 Å². The minimum atomic E-state index is -0.574. The van der Waals surface area contributed by atoms with Gasteiger partial charge in [-0.3, -0.25) is 0 Å². The molecule has 2 aliphatic rings. The van der Waals surface area contributed by atoms with E-state index in [1.807, 2.05) is 0 Å². The molecule has 2 fully saturated rings. The number of hydrogen-bond acceptors (Lipinski definition) is 5. The second kappa shape index (κ2) is 6.26. The van der Waals surface area contributed by atoms with Crippen molar-refractivity contribution in [2.75, 3.05) is 26.2 Å². The molecule has 0 atom stereocenters. The van der Waals surface area contributed by atoms with Crippen LogP contribution in [0.5, 0.6) is 17.2 Å². The molecule has 1 aromatic rings. The Morgan fingerprint density at radius 2 is 1.62 bits per heavy atom. The van der Waals surface area contributed by atoms with Crippen molar-refractivity contribution in [1.82, 2.24) is 0 Å². The summed E-state index contributed by atoms with van der Waals surface area (Å²) in [5.74, 6) is 1.45. The summed E-state index contributed by atoms with van der Waals surface area (Å²) in [5.41, 5.74) is 0.707. The van der Waals surface area contributed by atoms with Gasteiger partial charge in [0.05, 0.1) is 32.7 Å². The molecule has 24 heavy (non-hydrogen) atoms. The molecule has 130 valence electrons. The van der Waals surface area contributed by atoms with E-state index in [0.717, 1.165) is 32.1 Å². The van der Waals surface area contributed by atoms with Crippen LogP contribution in [0.4, 0.5) is 10.5 Å². The van der Waals surface area contributed by atoms with Crippen molar-refractivity contribution < 1.29 is 23.7 Å². The fourth-order valence-corrected chi connectivity index (χ4v) is 3.56. The minimum absolute atomic E-state index is 0.406. The summed E-state index contributed by atoms with van der Waals surface area (Å²) in [6.07, 6.45) is 4.47. The highest BCUT2D eigenvalue weighted by Gasteiger charge is 2.50. The van der Waals surface area contributed by atoms with Crippen LogP contribution in [0.15, 0.2) is 24.4 Å². The number of benzene rings is 1. The number of anilines is 1. The van der Waals surface area contributed by atoms with E-state index in [0.29, 0.717) is 28.6 Å². The van der Waals surface area contributed by atoms with Crippen molar-refractivity contribution in [1.29, 1.82) is 0 Å². The average molecular weight is 333 g/mol. The van der Waals surface area contributed by atoms with Crippen molar-refractivity contribution in [2.45, 2.75) is 37.7 Å². The molecule has 0 bridgehead atoms. The molecular formula is C18H23NO5. The monoisotopic (exact) mass is 333 g/mol. The Morgan fingerprint density at radius 1 is 1.04 bits per heavy atom. The molecule has 0 aromatic heterocycles. The zero-order chi connectivity index (χ0) is 17.3. The second-order valence-corrected chi connectivity index (χ2v) is 6.09. The Morgan fingerprint density at radius 3 is 2.12 bits per heavy atom. The Labute approximate surface area is 141 Å². The normalized spacial score (nSPS) is 19.4. The lowest BCUT2D eigenvalue weighted by Crippen LogP contribution is -2.34. The molecule has 0 radical (unpaired) electrons. The maximum atomic E-state index is 12.5. The van der Waals surface area contributed by atoms with Crippen LogP contribution in [0.2, 0.25) is 0 Å². The summed E-state index contributed by atoms with van der Waals surface area (Å²) in [5, 5.41) is 0. The number of ether oxygens (including phenoxy) is 4. The highest BCUT2D eigenvalue weighted by molar-refractivity contribution is 5.96. The van der Waals surface area contributed by atoms with Gasteiger partial charge in [0.2, 0.25) is 5.75 Å². The van der Waals surface area contributed by atoms with Gasteiger partial charge in [-0.25, -0.2) is 9.69 Å². The van der Waals surface area contributed by atoms with Gasteiger partial charge in [-0.15, -0.1) is 0 Å². The molecule has 1 aliphatic heterocycles. The van der Waals surface area contributed by atoms with Crippen LogP contribution < -0.4 is 19.1 Å². The second-order valence-electron chi connectivity index (χ2n) is 6.09. The maximum Gasteiger partial charge on any atom is 0.419 e. The summed E-state index contributed by atoms with van der Waals surface area (Å²) in [6.45, 7) is 4.16. The number of nitrogens with zero attached hydrogens (tertiary/aromatic N) is 1. The van der Waals surface area contributed by atoms with E-state index >= 15 is 0 Å². The summed E-state index contributed by atoms with van der Waals surface area (Å²) >= 11 is 0. The van der Waals surface area contributed by atoms with E-state index in [4.69, 9.17) is 18.9 Å². The Balaban J connectivity index is 2.02. The largest absolute Gasteiger partial charge is 0.493 e. The molecular weight excluding hydrogens is 310 g/mol. The van der Waals surface area contributed by atoms with Crippen LogP contribution in [0.1, 0.15) is 32.1 Å². The molecule has 6 nitrogen and oxygen atoms in total. The lowest BCUT2D eigenvalue weighted by atomic mass is 9.82. The first-order chi connectivity index (χ1) is 11.6. The third-order valence-corrected chi connectivity index (χ3v) is 4.83. The molecule has 0 N–H and O–H groups in total. The first-order valence-corrected chi connectivity index (χ1v) is 8.09. The first kappa shape index (κ1) is 16.5. The molecule has 1 saturated heterocycles. The third kappa shape index (κ3) is 2.46. The van der Waals surface area contributed by atoms with E-state index < -0.39 is 11.7 Å². The van der Waals surface area contributed by atoms with E-state index in [1.165, 1.54) is 4.90 Å². The molecule has 1 aromatic carbocycles. The molecule has 0 unspecified atom stereocenters. The molecule has 1 amide bonds. The van der Waals surface area contributed by atoms with Gasteiger partial charge in [0, 0.05) is 12.1 Å². The smallest absolute Gasteiger partial charge is 0.419 e. The van der Waals surface area contributed by atoms with Crippen LogP contribution in [-0.2, 0) is 4.74 Å². The van der Waals surface area contributed by atoms with Crippen LogP contribution in [0.3, 0.4) is 0 Å². The molecule has 1 aliphatic carbocycles. The van der Waals surface area contributed by atoms with Crippen LogP contribution in [-0.4, -0.2) is 33.0 Å². The summed E-state index contributed by atoms with van der Waals surface area (Å²) in [4.78, 5) is 14.1. The van der Waals surface area contributed by atoms with E-state index in [9.17, 15) is 4.79 Å². The van der Waals surface area contributed by atoms with Crippen molar-refractivity contribution in [3.05, 3.63) is 24.4 Å². The lowest BCUT2D eigenvalue weighted by molar-refractivity contribution is 0.0412. The number of methoxy groups -OCH3 is 3. The molecule has 1 spiro atoms. The number of hydrogen-bond donors (Lipinski definition) is 0. The predicted molar refractivity (Wildman–Crippen MR) is 90.0 cm³/mol. The maximum absolute atomic E-state index is 12.5. The third-order valence-electron chi connectivity index (χ3n) is 4.83. The van der Waals surface area contributed by atoms with Crippen LogP contribution >= 0.6 is 0 Å². The highest BCUT2D eigenvalue weighted by atomic mass is 16.6. The quantitative estimate of drug-likeness (QED) is 0.837. The van der Waals surface area contributed by atoms with Crippen LogP contribution in [0.25, 0.3) is 0 Å². The van der Waals surface area contributed by atoms with Gasteiger partial charge in [-0.05, 0) is 25.7 Å². The standard InChI is InChI=1S/C18H23NO5/c1-12-18(8-6-5-7-9-18)24-17(20)19(12)13-10-14(21-2)16(23-4)15(11-13)22-3/h10-11H,1,5-9H2,2-4H3. The van der Waals surface area contributed by atoms with Gasteiger partial charge in [-0.1, -0.05) is 13.0 Å². The van der Waals surface area contributed by atoms with Gasteiger partial charge in [0.15, 0.2) is 17.1 Å². The van der Waals surface area contributed by atoms with E-state index in [1.54, 1.807) is 33.5 Å². The zero-order valence-electron chi connectivity index (χ0n) is 14.4. The van der Waals surface area contributed by atoms with Crippen LogP contribution in [0, 0.1) is 0 Å². The predicted octanol–water partition coefficient (Wildman–Crippen LogP) is 3.89. The SMILES string of the molecule is C=C1N(c2cc(OC)c(OC)c(OC)c2)C(=O)OC12CCCCC2. The van der Waals surface area contributed by atoms with E-state index in [-0.39, 0.29) is 0 Å². The van der Waals surface area contributed by atoms with Gasteiger partial charge < -0.3 is 18.9 Å². The Kier molecular flexibility index (Phi) is 4.30. The first-order valence-electron chi connectivity index (χ1n) is 8.09. The van der Waals surface area contributed by atoms with E-state index in [2.05, 4.69) is 6.58 Å². The molecule has 1 heterocycles. The highest BCUT2D eigenvalue weighted by Crippen LogP contribution is 2.48. The zero-order valence-corrected chi connectivity index (χ0v) is 14.4. The minimum Gasteiger partial charge on any atom is -0.493 e. The summed E-state index contributed by atoms with van der Waals surface area (Å²) in [7, 11) is 4.63. The summed E-state index contributed by atoms with van der Waals surface area (Å²) in [6, 6.07) is 3.46. The average Bonchev–Trinajstić information content (AvgIpc) is 2.84. The Bertz CT molecular complexity index is 638. The number of carbonyl (C=O) groups is 1. The lowest BCUT2D eigenvalue weighted by Gasteiger charge is -2.32. The van der Waals surface area contributed by atoms with Gasteiger partial charge in [0.25, 0.3) is 0 Å². The molecule has 1 saturated carbocycles. The van der Waals surface area contributed by atoms with Crippen molar-refractivity contribution in [3.63, 3.8) is 0 Å². The number of carbonyl (C=O) groups excluding carboxylic acids is 1. The molecule has 3 rings (SSSR count). The number of rotatable bonds is 4.